The maximum Gasteiger partial charge on any atom is 0.321 e. The first-order valence-electron chi connectivity index (χ1n) is 13.6. The molecule has 0 aliphatic carbocycles. The number of benzene rings is 2. The Morgan fingerprint density at radius 1 is 1.07 bits per heavy atom. The van der Waals surface area contributed by atoms with Gasteiger partial charge >= 0.3 is 6.03 Å². The average molecular weight is 553 g/mol. The molecule has 0 radical (unpaired) electrons. The number of likely N-dealkylation sites (tertiary alicyclic amines) is 1. The first-order chi connectivity index (χ1) is 19.8. The normalized spacial score (nSPS) is 17.4. The van der Waals surface area contributed by atoms with Crippen LogP contribution in [0.15, 0.2) is 67.1 Å². The third kappa shape index (κ3) is 4.62. The minimum atomic E-state index is -0.584. The number of amides is 3. The van der Waals surface area contributed by atoms with Crippen LogP contribution in [0.5, 0.6) is 5.75 Å². The number of nitrogens with two attached hydrogens (primary N) is 1. The summed E-state index contributed by atoms with van der Waals surface area (Å²) in [5, 5.41) is 7.77. The van der Waals surface area contributed by atoms with E-state index in [1.54, 1.807) is 30.4 Å². The number of methoxy groups -OCH3 is 1. The summed E-state index contributed by atoms with van der Waals surface area (Å²) in [6.07, 6.45) is 6.81. The molecule has 2 aromatic carbocycles. The number of urea groups is 1. The fraction of sp³-hybridized carbons (Fsp3) is 0.300. The number of piperidine rings is 1. The number of aromatic nitrogens is 4. The lowest BCUT2D eigenvalue weighted by molar-refractivity contribution is 0.0999. The SMILES string of the molecule is COc1ccc(C2CCCN(C(=O)Nc3ccc(-c4nn5c(c4C(N)=O)N(c4cnccn4)C5(C)C)cc3)C2)cc1. The van der Waals surface area contributed by atoms with Gasteiger partial charge in [-0.1, -0.05) is 24.3 Å². The predicted molar refractivity (Wildman–Crippen MR) is 155 cm³/mol. The number of ether oxygens (including phenoxy) is 1. The highest BCUT2D eigenvalue weighted by Crippen LogP contribution is 2.49. The molecule has 0 bridgehead atoms. The molecule has 1 saturated heterocycles. The molecule has 41 heavy (non-hydrogen) atoms. The molecule has 1 unspecified atom stereocenters. The summed E-state index contributed by atoms with van der Waals surface area (Å²) < 4.78 is 7.05. The summed E-state index contributed by atoms with van der Waals surface area (Å²) >= 11 is 0. The van der Waals surface area contributed by atoms with Crippen molar-refractivity contribution in [2.45, 2.75) is 38.3 Å². The highest BCUT2D eigenvalue weighted by atomic mass is 16.5. The molecular formula is C30H32N8O3. The Bertz CT molecular complexity index is 1580. The van der Waals surface area contributed by atoms with Gasteiger partial charge in [0.1, 0.15) is 22.7 Å². The number of hydrogen-bond donors (Lipinski definition) is 2. The van der Waals surface area contributed by atoms with E-state index in [9.17, 15) is 9.59 Å². The van der Waals surface area contributed by atoms with Gasteiger partial charge in [-0.05, 0) is 56.5 Å². The average Bonchev–Trinajstić information content (AvgIpc) is 3.36. The lowest BCUT2D eigenvalue weighted by Crippen LogP contribution is -2.55. The Balaban J connectivity index is 1.19. The van der Waals surface area contributed by atoms with Crippen LogP contribution >= 0.6 is 0 Å². The highest BCUT2D eigenvalue weighted by molar-refractivity contribution is 6.05. The molecule has 2 aromatic heterocycles. The van der Waals surface area contributed by atoms with Crippen molar-refractivity contribution in [3.8, 4) is 17.0 Å². The van der Waals surface area contributed by atoms with Crippen molar-refractivity contribution in [1.82, 2.24) is 24.6 Å². The number of anilines is 3. The van der Waals surface area contributed by atoms with Crippen LogP contribution in [0.2, 0.25) is 0 Å². The van der Waals surface area contributed by atoms with Gasteiger partial charge in [-0.25, -0.2) is 14.5 Å². The molecule has 1 atom stereocenters. The lowest BCUT2D eigenvalue weighted by Gasteiger charge is -2.49. The van der Waals surface area contributed by atoms with Gasteiger partial charge in [0, 0.05) is 42.7 Å². The Morgan fingerprint density at radius 2 is 1.83 bits per heavy atom. The minimum absolute atomic E-state index is 0.139. The molecular weight excluding hydrogens is 520 g/mol. The molecule has 6 rings (SSSR count). The van der Waals surface area contributed by atoms with Crippen molar-refractivity contribution in [2.75, 3.05) is 30.4 Å². The molecule has 3 N–H and O–H groups in total. The van der Waals surface area contributed by atoms with Gasteiger partial charge in [0.2, 0.25) is 0 Å². The molecule has 4 aromatic rings. The standard InChI is InChI=1S/C30H32N8O3/c1-30(2)37(24-17-32-14-15-33-24)28-25(27(31)39)26(35-38(28)30)20-6-10-22(11-7-20)34-29(40)36-16-4-5-21(18-36)19-8-12-23(41-3)13-9-19/h6-15,17,21H,4-5,16,18H2,1-3H3,(H2,31,39)(H,34,40). The van der Waals surface area contributed by atoms with Crippen molar-refractivity contribution in [3.05, 3.63) is 78.2 Å². The third-order valence-electron chi connectivity index (χ3n) is 7.87. The largest absolute Gasteiger partial charge is 0.497 e. The first-order valence-corrected chi connectivity index (χ1v) is 13.6. The molecule has 3 amide bonds. The van der Waals surface area contributed by atoms with Crippen LogP contribution in [-0.2, 0) is 5.66 Å². The van der Waals surface area contributed by atoms with E-state index < -0.39 is 11.6 Å². The van der Waals surface area contributed by atoms with Gasteiger partial charge < -0.3 is 20.7 Å². The van der Waals surface area contributed by atoms with E-state index in [2.05, 4.69) is 27.4 Å². The van der Waals surface area contributed by atoms with Crippen molar-refractivity contribution < 1.29 is 14.3 Å². The van der Waals surface area contributed by atoms with Crippen LogP contribution in [-0.4, -0.2) is 56.8 Å². The maximum atomic E-state index is 13.1. The molecule has 2 aliphatic heterocycles. The van der Waals surface area contributed by atoms with E-state index in [4.69, 9.17) is 15.6 Å². The summed E-state index contributed by atoms with van der Waals surface area (Å²) in [5.74, 6) is 1.69. The molecule has 11 nitrogen and oxygen atoms in total. The van der Waals surface area contributed by atoms with Crippen LogP contribution < -0.4 is 20.7 Å². The molecule has 4 heterocycles. The third-order valence-corrected chi connectivity index (χ3v) is 7.87. The summed E-state index contributed by atoms with van der Waals surface area (Å²) in [5.41, 5.74) is 8.64. The number of hydrogen-bond acceptors (Lipinski definition) is 7. The van der Waals surface area contributed by atoms with Gasteiger partial charge in [-0.15, -0.1) is 0 Å². The zero-order chi connectivity index (χ0) is 28.7. The van der Waals surface area contributed by atoms with E-state index >= 15 is 0 Å². The van der Waals surface area contributed by atoms with E-state index in [-0.39, 0.29) is 11.9 Å². The molecule has 0 saturated carbocycles. The number of primary amides is 1. The maximum absolute atomic E-state index is 13.1. The van der Waals surface area contributed by atoms with Crippen LogP contribution in [0.1, 0.15) is 48.5 Å². The van der Waals surface area contributed by atoms with Crippen molar-refractivity contribution in [2.24, 2.45) is 5.73 Å². The number of carbonyl (C=O) groups is 2. The quantitative estimate of drug-likeness (QED) is 0.354. The Labute approximate surface area is 237 Å². The van der Waals surface area contributed by atoms with Crippen LogP contribution in [0.25, 0.3) is 11.3 Å². The van der Waals surface area contributed by atoms with Gasteiger partial charge in [0.15, 0.2) is 11.6 Å². The summed E-state index contributed by atoms with van der Waals surface area (Å²) in [6.45, 7) is 5.32. The van der Waals surface area contributed by atoms with Crippen LogP contribution in [0.4, 0.5) is 22.1 Å². The second-order valence-corrected chi connectivity index (χ2v) is 10.8. The van der Waals surface area contributed by atoms with E-state index in [0.717, 1.165) is 18.6 Å². The van der Waals surface area contributed by atoms with Gasteiger partial charge in [-0.2, -0.15) is 5.10 Å². The van der Waals surface area contributed by atoms with Crippen molar-refractivity contribution in [3.63, 3.8) is 0 Å². The summed E-state index contributed by atoms with van der Waals surface area (Å²) in [7, 11) is 1.65. The lowest BCUT2D eigenvalue weighted by atomic mass is 9.91. The fourth-order valence-corrected chi connectivity index (χ4v) is 5.75. The second kappa shape index (κ2) is 10.2. The molecule has 0 spiro atoms. The second-order valence-electron chi connectivity index (χ2n) is 10.8. The first kappa shape index (κ1) is 26.3. The number of rotatable bonds is 6. The van der Waals surface area contributed by atoms with E-state index in [0.29, 0.717) is 47.2 Å². The van der Waals surface area contributed by atoms with Gasteiger partial charge in [0.05, 0.1) is 13.3 Å². The zero-order valence-electron chi connectivity index (χ0n) is 23.2. The van der Waals surface area contributed by atoms with Crippen molar-refractivity contribution in [1.29, 1.82) is 0 Å². The molecule has 11 heteroatoms. The Morgan fingerprint density at radius 3 is 2.49 bits per heavy atom. The zero-order valence-corrected chi connectivity index (χ0v) is 23.2. The molecule has 2 aliphatic rings. The number of carbonyl (C=O) groups excluding carboxylic acids is 2. The summed E-state index contributed by atoms with van der Waals surface area (Å²) in [6, 6.07) is 15.2. The van der Waals surface area contributed by atoms with Crippen molar-refractivity contribution >= 4 is 29.3 Å². The molecule has 210 valence electrons. The van der Waals surface area contributed by atoms with Crippen LogP contribution in [0.3, 0.4) is 0 Å². The van der Waals surface area contributed by atoms with E-state index in [1.165, 1.54) is 5.56 Å². The fourth-order valence-electron chi connectivity index (χ4n) is 5.75. The minimum Gasteiger partial charge on any atom is -0.497 e. The predicted octanol–water partition coefficient (Wildman–Crippen LogP) is 4.70. The Hall–Kier alpha value is -4.93. The number of nitrogens with one attached hydrogen (secondary N) is 1. The number of nitrogens with zero attached hydrogens (tertiary/aromatic N) is 6. The monoisotopic (exact) mass is 552 g/mol. The van der Waals surface area contributed by atoms with Gasteiger partial charge in [-0.3, -0.25) is 14.7 Å². The van der Waals surface area contributed by atoms with Gasteiger partial charge in [0.25, 0.3) is 5.91 Å². The highest BCUT2D eigenvalue weighted by Gasteiger charge is 2.49. The Kier molecular flexibility index (Phi) is 6.56. The van der Waals surface area contributed by atoms with Crippen LogP contribution in [0, 0.1) is 0 Å². The smallest absolute Gasteiger partial charge is 0.321 e. The van der Waals surface area contributed by atoms with E-state index in [1.807, 2.05) is 60.0 Å². The topological polar surface area (TPSA) is 132 Å². The molecule has 1 fully saturated rings. The number of fused-ring (bicyclic) bond motifs is 1. The summed E-state index contributed by atoms with van der Waals surface area (Å²) in [4.78, 5) is 38.1.